The molecule has 11 nitrogen and oxygen atoms in total. The van der Waals surface area contributed by atoms with Gasteiger partial charge in [0, 0.05) is 13.0 Å². The zero-order valence-corrected chi connectivity index (χ0v) is 24.3. The molecule has 1 saturated carbocycles. The molecule has 1 aliphatic carbocycles. The van der Waals surface area contributed by atoms with Crippen LogP contribution in [-0.4, -0.2) is 68.5 Å². The van der Waals surface area contributed by atoms with E-state index in [1.807, 2.05) is 25.1 Å². The number of thiazole rings is 1. The molecular weight excluding hydrogens is 546 g/mol. The second-order valence-corrected chi connectivity index (χ2v) is 12.8. The van der Waals surface area contributed by atoms with Crippen LogP contribution in [0.25, 0.3) is 10.4 Å². The van der Waals surface area contributed by atoms with E-state index in [2.05, 4.69) is 15.6 Å². The van der Waals surface area contributed by atoms with Crippen molar-refractivity contribution in [1.82, 2.24) is 20.5 Å². The van der Waals surface area contributed by atoms with Crippen molar-refractivity contribution in [3.63, 3.8) is 0 Å². The van der Waals surface area contributed by atoms with E-state index in [1.165, 1.54) is 16.2 Å². The number of aliphatic hydroxyl groups is 1. The van der Waals surface area contributed by atoms with Gasteiger partial charge in [0.2, 0.25) is 17.7 Å². The van der Waals surface area contributed by atoms with Crippen LogP contribution in [0.15, 0.2) is 29.8 Å². The topological polar surface area (TPSA) is 173 Å². The number of carbonyl (C=O) groups is 4. The number of aliphatic carboxylic acids is 1. The molecule has 2 aliphatic rings. The van der Waals surface area contributed by atoms with Crippen LogP contribution in [0.3, 0.4) is 0 Å². The quantitative estimate of drug-likeness (QED) is 0.350. The minimum Gasteiger partial charge on any atom is -0.481 e. The number of nitriles is 1. The van der Waals surface area contributed by atoms with Crippen molar-refractivity contribution >= 4 is 35.0 Å². The summed E-state index contributed by atoms with van der Waals surface area (Å²) >= 11 is 1.49. The molecule has 0 bridgehead atoms. The molecular formula is C29H35N5O6S. The summed E-state index contributed by atoms with van der Waals surface area (Å²) in [6, 6.07) is 6.23. The number of aryl methyl sites for hydroxylation is 1. The van der Waals surface area contributed by atoms with Gasteiger partial charge in [-0.2, -0.15) is 5.26 Å². The molecule has 3 amide bonds. The molecule has 4 atom stereocenters. The molecule has 4 N–H and O–H groups in total. The van der Waals surface area contributed by atoms with Gasteiger partial charge >= 0.3 is 5.97 Å². The molecule has 0 unspecified atom stereocenters. The number of amides is 3. The van der Waals surface area contributed by atoms with Gasteiger partial charge in [-0.3, -0.25) is 19.2 Å². The Labute approximate surface area is 242 Å². The Balaban J connectivity index is 1.53. The van der Waals surface area contributed by atoms with Gasteiger partial charge in [0.1, 0.15) is 17.5 Å². The molecule has 2 aromatic rings. The maximum atomic E-state index is 13.8. The summed E-state index contributed by atoms with van der Waals surface area (Å²) in [6.45, 7) is 7.09. The van der Waals surface area contributed by atoms with Gasteiger partial charge in [0.05, 0.1) is 40.7 Å². The number of likely N-dealkylation sites (tertiary alicyclic amines) is 1. The van der Waals surface area contributed by atoms with Crippen LogP contribution in [0.1, 0.15) is 63.8 Å². The predicted molar refractivity (Wildman–Crippen MR) is 150 cm³/mol. The van der Waals surface area contributed by atoms with E-state index in [4.69, 9.17) is 0 Å². The zero-order valence-electron chi connectivity index (χ0n) is 23.5. The van der Waals surface area contributed by atoms with Crippen LogP contribution in [0.5, 0.6) is 0 Å². The third kappa shape index (κ3) is 6.57. The van der Waals surface area contributed by atoms with Crippen molar-refractivity contribution in [2.45, 2.75) is 77.6 Å². The lowest BCUT2D eigenvalue weighted by Gasteiger charge is -2.36. The van der Waals surface area contributed by atoms with Crippen molar-refractivity contribution in [1.29, 1.82) is 5.26 Å². The van der Waals surface area contributed by atoms with E-state index in [1.54, 1.807) is 38.4 Å². The number of aromatic nitrogens is 1. The Kier molecular flexibility index (Phi) is 8.52. The Bertz CT molecular complexity index is 1370. The minimum absolute atomic E-state index is 0.0338. The standard InChI is InChI=1S/C29H35N5O6S/c1-16-23(41-15-31-16)18-7-5-17(6-8-18)20(12-22(36)37)32-25(38)21-11-19(35)13-34(21)26(39)24(28(2,3)4)33-27(40)29(14-30)9-10-29/h5-8,15,19-21,24,35H,9-13H2,1-4H3,(H,32,38)(H,33,40)(H,36,37)/t19-,20+,21+,24-/m1/s1. The highest BCUT2D eigenvalue weighted by Crippen LogP contribution is 2.45. The number of hydrogen-bond acceptors (Lipinski definition) is 8. The first-order chi connectivity index (χ1) is 19.3. The highest BCUT2D eigenvalue weighted by atomic mass is 32.1. The number of rotatable bonds is 9. The lowest BCUT2D eigenvalue weighted by Crippen LogP contribution is -2.58. The smallest absolute Gasteiger partial charge is 0.305 e. The maximum absolute atomic E-state index is 13.8. The van der Waals surface area contributed by atoms with Gasteiger partial charge in [0.25, 0.3) is 0 Å². The van der Waals surface area contributed by atoms with Crippen molar-refractivity contribution in [3.8, 4) is 16.5 Å². The Morgan fingerprint density at radius 3 is 2.37 bits per heavy atom. The van der Waals surface area contributed by atoms with E-state index in [-0.39, 0.29) is 19.4 Å². The minimum atomic E-state index is -1.14. The number of carbonyl (C=O) groups excluding carboxylic acids is 3. The van der Waals surface area contributed by atoms with Crippen LogP contribution in [0, 0.1) is 29.1 Å². The summed E-state index contributed by atoms with van der Waals surface area (Å²) in [5.74, 6) is -2.78. The fourth-order valence-electron chi connectivity index (χ4n) is 5.04. The number of benzene rings is 1. The van der Waals surface area contributed by atoms with Gasteiger partial charge in [0.15, 0.2) is 0 Å². The molecule has 41 heavy (non-hydrogen) atoms. The molecule has 2 heterocycles. The van der Waals surface area contributed by atoms with Crippen LogP contribution in [-0.2, 0) is 19.2 Å². The number of hydrogen-bond donors (Lipinski definition) is 4. The molecule has 0 radical (unpaired) electrons. The van der Waals surface area contributed by atoms with Gasteiger partial charge in [-0.05, 0) is 36.3 Å². The molecule has 0 spiro atoms. The fraction of sp³-hybridized carbons (Fsp3) is 0.517. The first kappa shape index (κ1) is 30.1. The van der Waals surface area contributed by atoms with E-state index in [0.29, 0.717) is 18.4 Å². The molecule has 4 rings (SSSR count). The van der Waals surface area contributed by atoms with E-state index >= 15 is 0 Å². The normalized spacial score (nSPS) is 20.9. The predicted octanol–water partition coefficient (Wildman–Crippen LogP) is 2.55. The second-order valence-electron chi connectivity index (χ2n) is 11.9. The van der Waals surface area contributed by atoms with Crippen LogP contribution in [0.2, 0.25) is 0 Å². The number of nitrogens with one attached hydrogen (secondary N) is 2. The van der Waals surface area contributed by atoms with Gasteiger partial charge in [-0.15, -0.1) is 11.3 Å². The number of β-amino-alcohol motifs (C(OH)–C–C–N with tert-alkyl or cyclic N) is 1. The van der Waals surface area contributed by atoms with E-state index < -0.39 is 58.8 Å². The van der Waals surface area contributed by atoms with Crippen molar-refractivity contribution in [2.24, 2.45) is 10.8 Å². The van der Waals surface area contributed by atoms with E-state index in [0.717, 1.165) is 16.1 Å². The average Bonchev–Trinajstić information content (AvgIpc) is 3.44. The summed E-state index contributed by atoms with van der Waals surface area (Å²) in [5.41, 5.74) is 2.24. The molecule has 1 aromatic carbocycles. The zero-order chi connectivity index (χ0) is 30.1. The van der Waals surface area contributed by atoms with E-state index in [9.17, 15) is 34.7 Å². The summed E-state index contributed by atoms with van der Waals surface area (Å²) in [4.78, 5) is 58.3. The lowest BCUT2D eigenvalue weighted by molar-refractivity contribution is -0.145. The number of aliphatic hydroxyl groups excluding tert-OH is 1. The summed E-state index contributed by atoms with van der Waals surface area (Å²) in [7, 11) is 0. The SMILES string of the molecule is Cc1ncsc1-c1ccc([C@H](CC(=O)O)NC(=O)[C@@H]2C[C@@H](O)CN2C(=O)[C@@H](NC(=O)C2(C#N)CC2)C(C)(C)C)cc1. The monoisotopic (exact) mass is 581 g/mol. The van der Waals surface area contributed by atoms with Gasteiger partial charge < -0.3 is 25.7 Å². The highest BCUT2D eigenvalue weighted by molar-refractivity contribution is 7.13. The first-order valence-corrected chi connectivity index (χ1v) is 14.4. The number of nitrogens with zero attached hydrogens (tertiary/aromatic N) is 3. The third-order valence-electron chi connectivity index (χ3n) is 7.67. The Hall–Kier alpha value is -3.82. The molecule has 1 aliphatic heterocycles. The second kappa shape index (κ2) is 11.6. The molecule has 218 valence electrons. The Morgan fingerprint density at radius 2 is 1.85 bits per heavy atom. The highest BCUT2D eigenvalue weighted by Gasteiger charge is 2.53. The lowest BCUT2D eigenvalue weighted by atomic mass is 9.85. The largest absolute Gasteiger partial charge is 0.481 e. The van der Waals surface area contributed by atoms with Crippen LogP contribution in [0.4, 0.5) is 0 Å². The summed E-state index contributed by atoms with van der Waals surface area (Å²) in [6.07, 6.45) is -0.550. The molecule has 12 heteroatoms. The maximum Gasteiger partial charge on any atom is 0.305 e. The number of carboxylic acid groups (broad SMARTS) is 1. The van der Waals surface area contributed by atoms with Gasteiger partial charge in [-0.1, -0.05) is 45.0 Å². The molecule has 2 fully saturated rings. The van der Waals surface area contributed by atoms with Gasteiger partial charge in [-0.25, -0.2) is 4.98 Å². The Morgan fingerprint density at radius 1 is 1.20 bits per heavy atom. The molecule has 1 aromatic heterocycles. The third-order valence-corrected chi connectivity index (χ3v) is 8.65. The fourth-order valence-corrected chi connectivity index (χ4v) is 5.86. The summed E-state index contributed by atoms with van der Waals surface area (Å²) in [5, 5.41) is 34.9. The van der Waals surface area contributed by atoms with Crippen LogP contribution >= 0.6 is 11.3 Å². The first-order valence-electron chi connectivity index (χ1n) is 13.5. The van der Waals surface area contributed by atoms with Crippen LogP contribution < -0.4 is 10.6 Å². The average molecular weight is 582 g/mol. The summed E-state index contributed by atoms with van der Waals surface area (Å²) < 4.78 is 0. The number of carboxylic acids is 1. The van der Waals surface area contributed by atoms with Crippen molar-refractivity contribution in [2.75, 3.05) is 6.54 Å². The van der Waals surface area contributed by atoms with Crippen molar-refractivity contribution < 1.29 is 29.4 Å². The van der Waals surface area contributed by atoms with Crippen molar-refractivity contribution in [3.05, 3.63) is 41.0 Å². The molecule has 1 saturated heterocycles.